The van der Waals surface area contributed by atoms with Crippen LogP contribution < -0.4 is 4.74 Å². The van der Waals surface area contributed by atoms with Crippen LogP contribution in [-0.4, -0.2) is 32.0 Å². The van der Waals surface area contributed by atoms with Crippen molar-refractivity contribution < 1.29 is 35.8 Å². The molecule has 0 unspecified atom stereocenters. The molecule has 0 N–H and O–H groups in total. The van der Waals surface area contributed by atoms with E-state index >= 15 is 17.6 Å². The van der Waals surface area contributed by atoms with E-state index in [-0.39, 0.29) is 17.2 Å². The highest BCUT2D eigenvalue weighted by Crippen LogP contribution is 2.66. The van der Waals surface area contributed by atoms with Gasteiger partial charge in [-0.3, -0.25) is 0 Å². The van der Waals surface area contributed by atoms with Crippen LogP contribution >= 0.6 is 11.3 Å². The highest BCUT2D eigenvalue weighted by atomic mass is 32.1. The molecular formula is C28H20F6O2S. The van der Waals surface area contributed by atoms with Gasteiger partial charge in [0.1, 0.15) is 5.76 Å². The van der Waals surface area contributed by atoms with Crippen molar-refractivity contribution in [1.29, 1.82) is 0 Å². The third-order valence-corrected chi connectivity index (χ3v) is 7.65. The maximum absolute atomic E-state index is 15.4. The molecule has 0 spiro atoms. The van der Waals surface area contributed by atoms with Crippen molar-refractivity contribution in [3.05, 3.63) is 101 Å². The Morgan fingerprint density at radius 2 is 1.30 bits per heavy atom. The zero-order chi connectivity index (χ0) is 26.6. The number of rotatable bonds is 6. The Morgan fingerprint density at radius 3 is 1.86 bits per heavy atom. The van der Waals surface area contributed by atoms with E-state index in [0.717, 1.165) is 11.3 Å². The maximum atomic E-state index is 15.4. The minimum absolute atomic E-state index is 0.0180. The first-order valence-corrected chi connectivity index (χ1v) is 12.0. The van der Waals surface area contributed by atoms with Gasteiger partial charge in [0.05, 0.1) is 14.2 Å². The summed E-state index contributed by atoms with van der Waals surface area (Å²) in [6.07, 6.45) is 1.21. The summed E-state index contributed by atoms with van der Waals surface area (Å²) < 4.78 is 102. The second-order valence-corrected chi connectivity index (χ2v) is 9.62. The summed E-state index contributed by atoms with van der Waals surface area (Å²) in [6, 6.07) is 18.4. The number of thiophene rings is 1. The third kappa shape index (κ3) is 3.70. The molecule has 192 valence electrons. The summed E-state index contributed by atoms with van der Waals surface area (Å²) >= 11 is 0.907. The highest BCUT2D eigenvalue weighted by molar-refractivity contribution is 7.17. The Balaban J connectivity index is 1.80. The summed E-state index contributed by atoms with van der Waals surface area (Å²) in [5.41, 5.74) is -2.19. The second kappa shape index (κ2) is 8.83. The van der Waals surface area contributed by atoms with Crippen molar-refractivity contribution in [2.45, 2.75) is 24.2 Å². The van der Waals surface area contributed by atoms with E-state index in [2.05, 4.69) is 0 Å². The van der Waals surface area contributed by atoms with Crippen LogP contribution in [0.3, 0.4) is 0 Å². The summed E-state index contributed by atoms with van der Waals surface area (Å²) in [4.78, 5) is 0.404. The molecule has 0 fully saturated rings. The number of ether oxygens (including phenoxy) is 2. The number of hydrogen-bond donors (Lipinski definition) is 0. The van der Waals surface area contributed by atoms with E-state index in [9.17, 15) is 8.78 Å². The number of alkyl halides is 6. The smallest absolute Gasteiger partial charge is 0.380 e. The average Bonchev–Trinajstić information content (AvgIpc) is 3.54. The van der Waals surface area contributed by atoms with Crippen molar-refractivity contribution in [3.8, 4) is 15.5 Å². The van der Waals surface area contributed by atoms with Crippen LogP contribution in [0.25, 0.3) is 21.6 Å². The van der Waals surface area contributed by atoms with Gasteiger partial charge >= 0.3 is 17.8 Å². The predicted octanol–water partition coefficient (Wildman–Crippen LogP) is 8.48. The summed E-state index contributed by atoms with van der Waals surface area (Å²) in [6.45, 7) is 0. The van der Waals surface area contributed by atoms with Gasteiger partial charge < -0.3 is 9.47 Å². The van der Waals surface area contributed by atoms with Gasteiger partial charge in [-0.25, -0.2) is 0 Å². The van der Waals surface area contributed by atoms with Crippen LogP contribution in [0.2, 0.25) is 0 Å². The maximum Gasteiger partial charge on any atom is 0.380 e. The molecule has 0 saturated carbocycles. The van der Waals surface area contributed by atoms with E-state index in [1.807, 2.05) is 0 Å². The lowest BCUT2D eigenvalue weighted by atomic mass is 9.95. The van der Waals surface area contributed by atoms with Crippen LogP contribution in [0.15, 0.2) is 89.7 Å². The van der Waals surface area contributed by atoms with Gasteiger partial charge in [-0.1, -0.05) is 72.0 Å². The molecule has 2 aliphatic carbocycles. The minimum Gasteiger partial charge on any atom is -0.500 e. The first kappa shape index (κ1) is 25.2. The number of hydrogen-bond acceptors (Lipinski definition) is 3. The molecule has 0 radical (unpaired) electrons. The van der Waals surface area contributed by atoms with Crippen LogP contribution in [0, 0.1) is 0 Å². The van der Waals surface area contributed by atoms with Gasteiger partial charge in [0, 0.05) is 33.6 Å². The van der Waals surface area contributed by atoms with Crippen LogP contribution in [0.4, 0.5) is 26.3 Å². The zero-order valence-corrected chi connectivity index (χ0v) is 20.4. The lowest BCUT2D eigenvalue weighted by Gasteiger charge is -2.26. The fourth-order valence-corrected chi connectivity index (χ4v) is 5.67. The molecule has 9 heteroatoms. The third-order valence-electron chi connectivity index (χ3n) is 6.51. The van der Waals surface area contributed by atoms with Crippen molar-refractivity contribution >= 4 is 22.5 Å². The van der Waals surface area contributed by atoms with Crippen LogP contribution in [-0.2, 0) is 4.74 Å². The van der Waals surface area contributed by atoms with E-state index in [1.54, 1.807) is 60.7 Å². The van der Waals surface area contributed by atoms with Crippen LogP contribution in [0.5, 0.6) is 5.06 Å². The van der Waals surface area contributed by atoms with Crippen molar-refractivity contribution in [2.24, 2.45) is 0 Å². The molecular weight excluding hydrogens is 514 g/mol. The molecule has 0 atom stereocenters. The molecule has 2 nitrogen and oxygen atoms in total. The molecule has 2 aromatic carbocycles. The van der Waals surface area contributed by atoms with Gasteiger partial charge in [0.25, 0.3) is 0 Å². The normalized spacial score (nSPS) is 19.8. The number of methoxy groups -OCH3 is 2. The van der Waals surface area contributed by atoms with E-state index in [1.165, 1.54) is 26.4 Å². The molecule has 1 aromatic heterocycles. The minimum atomic E-state index is -5.68. The average molecular weight is 535 g/mol. The van der Waals surface area contributed by atoms with Crippen molar-refractivity contribution in [2.75, 3.05) is 14.2 Å². The van der Waals surface area contributed by atoms with Gasteiger partial charge in [-0.05, 0) is 28.8 Å². The Kier molecular flexibility index (Phi) is 6.02. The number of benzene rings is 2. The molecule has 3 aromatic rings. The van der Waals surface area contributed by atoms with Crippen molar-refractivity contribution in [3.63, 3.8) is 0 Å². The topological polar surface area (TPSA) is 18.5 Å². The monoisotopic (exact) mass is 534 g/mol. The number of halogens is 6. The molecule has 2 aliphatic rings. The molecule has 1 heterocycles. The first-order chi connectivity index (χ1) is 17.5. The molecule has 5 rings (SSSR count). The first-order valence-electron chi connectivity index (χ1n) is 11.2. The van der Waals surface area contributed by atoms with Crippen LogP contribution in [0.1, 0.15) is 17.5 Å². The summed E-state index contributed by atoms with van der Waals surface area (Å²) in [5, 5.41) is -0.177. The Bertz CT molecular complexity index is 1440. The fraction of sp³-hybridized carbons (Fsp3) is 0.214. The fourth-order valence-electron chi connectivity index (χ4n) is 4.68. The summed E-state index contributed by atoms with van der Waals surface area (Å²) in [5.74, 6) is -16.2. The van der Waals surface area contributed by atoms with E-state index in [4.69, 9.17) is 9.47 Å². The predicted molar refractivity (Wildman–Crippen MR) is 131 cm³/mol. The lowest BCUT2D eigenvalue weighted by molar-refractivity contribution is -0.259. The Morgan fingerprint density at radius 1 is 0.730 bits per heavy atom. The second-order valence-electron chi connectivity index (χ2n) is 8.61. The molecule has 0 aliphatic heterocycles. The summed E-state index contributed by atoms with van der Waals surface area (Å²) in [7, 11) is 2.37. The largest absolute Gasteiger partial charge is 0.500 e. The zero-order valence-electron chi connectivity index (χ0n) is 19.6. The standard InChI is InChI=1S/C28H20F6O2S/c1-35-21-14-18(16-9-5-3-6-10-16)13-19(21)23-24(27(31,32)28(33,34)26(23,29)30)20-15-22(37-25(20)36-2)17-11-7-4-8-12-17/h3-13,15H,14H2,1-2H3. The molecule has 0 bridgehead atoms. The van der Waals surface area contributed by atoms with Gasteiger partial charge in [-0.2, -0.15) is 26.3 Å². The Labute approximate surface area is 213 Å². The van der Waals surface area contributed by atoms with Crippen molar-refractivity contribution in [1.82, 2.24) is 0 Å². The van der Waals surface area contributed by atoms with Gasteiger partial charge in [-0.15, -0.1) is 0 Å². The number of allylic oxidation sites excluding steroid dienone is 5. The van der Waals surface area contributed by atoms with E-state index < -0.39 is 40.1 Å². The Hall–Kier alpha value is -3.46. The van der Waals surface area contributed by atoms with Gasteiger partial charge in [0.2, 0.25) is 0 Å². The SMILES string of the molecule is COC1=C(C2=C(c3cc(-c4ccccc4)sc3OC)C(F)(F)C(F)(F)C2(F)F)C=C(c2ccccc2)C1. The lowest BCUT2D eigenvalue weighted by Crippen LogP contribution is -2.49. The molecule has 0 amide bonds. The quantitative estimate of drug-likeness (QED) is 0.295. The van der Waals surface area contributed by atoms with Gasteiger partial charge in [0.15, 0.2) is 5.06 Å². The van der Waals surface area contributed by atoms with E-state index in [0.29, 0.717) is 21.6 Å². The highest BCUT2D eigenvalue weighted by Gasteiger charge is 2.81. The molecule has 0 saturated heterocycles. The molecule has 37 heavy (non-hydrogen) atoms.